The van der Waals surface area contributed by atoms with Gasteiger partial charge in [0.15, 0.2) is 0 Å². The van der Waals surface area contributed by atoms with Crippen LogP contribution in [0.15, 0.2) is 54.6 Å². The molecule has 202 valence electrons. The maximum atomic E-state index is 13.9. The molecule has 9 heteroatoms. The van der Waals surface area contributed by atoms with Gasteiger partial charge < -0.3 is 30.1 Å². The average Bonchev–Trinajstić information content (AvgIpc) is 3.56. The summed E-state index contributed by atoms with van der Waals surface area (Å²) in [6.45, 7) is 4.56. The van der Waals surface area contributed by atoms with Crippen LogP contribution in [0.3, 0.4) is 0 Å². The molecule has 3 fully saturated rings. The number of rotatable bonds is 7. The van der Waals surface area contributed by atoms with E-state index in [0.29, 0.717) is 39.1 Å². The van der Waals surface area contributed by atoms with Crippen molar-refractivity contribution >= 4 is 29.2 Å². The van der Waals surface area contributed by atoms with E-state index in [1.54, 1.807) is 9.80 Å². The van der Waals surface area contributed by atoms with Crippen molar-refractivity contribution in [3.8, 4) is 0 Å². The Bertz CT molecular complexity index is 1130. The molecule has 0 aliphatic carbocycles. The number of hydrogen-bond acceptors (Lipinski definition) is 5. The number of urea groups is 1. The quantitative estimate of drug-likeness (QED) is 0.586. The maximum Gasteiger partial charge on any atom is 0.321 e. The van der Waals surface area contributed by atoms with E-state index in [2.05, 4.69) is 22.5 Å². The molecule has 0 unspecified atom stereocenters. The Kier molecular flexibility index (Phi) is 7.83. The summed E-state index contributed by atoms with van der Waals surface area (Å²) in [6.07, 6.45) is 3.96. The molecule has 3 aliphatic heterocycles. The van der Waals surface area contributed by atoms with Crippen LogP contribution in [-0.4, -0.2) is 78.7 Å². The Morgan fingerprint density at radius 1 is 1.05 bits per heavy atom. The zero-order valence-electron chi connectivity index (χ0n) is 22.0. The standard InChI is InChI=1S/C29H37N5O4/c1-2-22-10-12-23(13-11-22)31-28(37)32-16-14-29(15-17-32)27(36)33(21-34(29)24-7-4-3-5-8-24)20-26(35)30-19-25-9-6-18-38-25/h3-5,7-8,10-13,25H,2,6,9,14-21H2,1H3,(H,30,35)(H,31,37)/t25-/m0/s1. The number of aryl methyl sites for hydroxylation is 1. The first-order chi connectivity index (χ1) is 18.5. The number of nitrogens with zero attached hydrogens (tertiary/aromatic N) is 3. The first kappa shape index (κ1) is 26.0. The molecule has 0 bridgehead atoms. The lowest BCUT2D eigenvalue weighted by atomic mass is 9.85. The van der Waals surface area contributed by atoms with Crippen molar-refractivity contribution < 1.29 is 19.1 Å². The summed E-state index contributed by atoms with van der Waals surface area (Å²) >= 11 is 0. The maximum absolute atomic E-state index is 13.9. The van der Waals surface area contributed by atoms with E-state index in [0.717, 1.165) is 37.2 Å². The number of carbonyl (C=O) groups is 3. The molecular formula is C29H37N5O4. The third kappa shape index (κ3) is 5.48. The fourth-order valence-corrected chi connectivity index (χ4v) is 5.69. The number of ether oxygens (including phenoxy) is 1. The van der Waals surface area contributed by atoms with Gasteiger partial charge >= 0.3 is 6.03 Å². The summed E-state index contributed by atoms with van der Waals surface area (Å²) < 4.78 is 5.60. The molecule has 3 heterocycles. The monoisotopic (exact) mass is 519 g/mol. The fourth-order valence-electron chi connectivity index (χ4n) is 5.69. The Morgan fingerprint density at radius 3 is 2.45 bits per heavy atom. The van der Waals surface area contributed by atoms with Crippen LogP contribution in [0.2, 0.25) is 0 Å². The molecular weight excluding hydrogens is 482 g/mol. The highest BCUT2D eigenvalue weighted by atomic mass is 16.5. The van der Waals surface area contributed by atoms with Crippen LogP contribution in [0.5, 0.6) is 0 Å². The van der Waals surface area contributed by atoms with Gasteiger partial charge in [0, 0.05) is 37.6 Å². The van der Waals surface area contributed by atoms with E-state index in [4.69, 9.17) is 4.74 Å². The minimum atomic E-state index is -0.782. The van der Waals surface area contributed by atoms with Crippen molar-refractivity contribution in [1.82, 2.24) is 15.1 Å². The number of piperidine rings is 1. The zero-order valence-corrected chi connectivity index (χ0v) is 22.0. The molecule has 38 heavy (non-hydrogen) atoms. The molecule has 1 spiro atoms. The van der Waals surface area contributed by atoms with Crippen molar-refractivity contribution in [3.05, 3.63) is 60.2 Å². The molecule has 2 aromatic carbocycles. The molecule has 3 saturated heterocycles. The number of amides is 4. The Balaban J connectivity index is 1.25. The number of para-hydroxylation sites is 1. The van der Waals surface area contributed by atoms with E-state index >= 15 is 0 Å². The molecule has 3 aliphatic rings. The van der Waals surface area contributed by atoms with E-state index in [-0.39, 0.29) is 30.5 Å². The highest BCUT2D eigenvalue weighted by Gasteiger charge is 2.54. The van der Waals surface area contributed by atoms with Crippen LogP contribution >= 0.6 is 0 Å². The van der Waals surface area contributed by atoms with Crippen molar-refractivity contribution in [3.63, 3.8) is 0 Å². The molecule has 9 nitrogen and oxygen atoms in total. The molecule has 0 aromatic heterocycles. The third-order valence-electron chi connectivity index (χ3n) is 7.96. The van der Waals surface area contributed by atoms with Gasteiger partial charge in [-0.3, -0.25) is 9.59 Å². The van der Waals surface area contributed by atoms with Gasteiger partial charge in [-0.15, -0.1) is 0 Å². The van der Waals surface area contributed by atoms with Gasteiger partial charge in [-0.1, -0.05) is 37.3 Å². The lowest BCUT2D eigenvalue weighted by molar-refractivity contribution is -0.137. The molecule has 1 atom stereocenters. The summed E-state index contributed by atoms with van der Waals surface area (Å²) in [4.78, 5) is 45.1. The second-order valence-corrected chi connectivity index (χ2v) is 10.3. The van der Waals surface area contributed by atoms with E-state index < -0.39 is 5.54 Å². The summed E-state index contributed by atoms with van der Waals surface area (Å²) in [5.41, 5.74) is 2.14. The lowest BCUT2D eigenvalue weighted by Crippen LogP contribution is -2.58. The molecule has 0 saturated carbocycles. The molecule has 2 N–H and O–H groups in total. The smallest absolute Gasteiger partial charge is 0.321 e. The molecule has 0 radical (unpaired) electrons. The summed E-state index contributed by atoms with van der Waals surface area (Å²) in [6, 6.07) is 17.6. The minimum absolute atomic E-state index is 0.00852. The fraction of sp³-hybridized carbons (Fsp3) is 0.483. The van der Waals surface area contributed by atoms with Gasteiger partial charge in [0.05, 0.1) is 12.8 Å². The molecule has 2 aromatic rings. The number of likely N-dealkylation sites (tertiary alicyclic amines) is 1. The largest absolute Gasteiger partial charge is 0.376 e. The topological polar surface area (TPSA) is 94.2 Å². The highest BCUT2D eigenvalue weighted by Crippen LogP contribution is 2.39. The van der Waals surface area contributed by atoms with Gasteiger partial charge in [-0.2, -0.15) is 0 Å². The number of benzene rings is 2. The van der Waals surface area contributed by atoms with Crippen molar-refractivity contribution in [2.24, 2.45) is 0 Å². The van der Waals surface area contributed by atoms with Crippen LogP contribution in [0, 0.1) is 0 Å². The number of hydrogen-bond donors (Lipinski definition) is 2. The van der Waals surface area contributed by atoms with Gasteiger partial charge in [-0.05, 0) is 61.9 Å². The summed E-state index contributed by atoms with van der Waals surface area (Å²) in [7, 11) is 0. The van der Waals surface area contributed by atoms with Crippen LogP contribution in [-0.2, 0) is 20.7 Å². The van der Waals surface area contributed by atoms with Crippen LogP contribution in [0.4, 0.5) is 16.2 Å². The molecule has 4 amide bonds. The summed E-state index contributed by atoms with van der Waals surface area (Å²) in [5, 5.41) is 5.92. The normalized spacial score (nSPS) is 20.7. The predicted octanol–water partition coefficient (Wildman–Crippen LogP) is 3.22. The summed E-state index contributed by atoms with van der Waals surface area (Å²) in [5.74, 6) is -0.228. The van der Waals surface area contributed by atoms with Gasteiger partial charge in [-0.25, -0.2) is 4.79 Å². The van der Waals surface area contributed by atoms with Gasteiger partial charge in [0.1, 0.15) is 12.1 Å². The Labute approximate surface area is 224 Å². The van der Waals surface area contributed by atoms with Gasteiger partial charge in [0.25, 0.3) is 5.91 Å². The zero-order chi connectivity index (χ0) is 26.5. The second kappa shape index (κ2) is 11.4. The number of anilines is 2. The van der Waals surface area contributed by atoms with E-state index in [1.807, 2.05) is 54.6 Å². The predicted molar refractivity (Wildman–Crippen MR) is 146 cm³/mol. The van der Waals surface area contributed by atoms with Crippen LogP contribution in [0.25, 0.3) is 0 Å². The average molecular weight is 520 g/mol. The number of nitrogens with one attached hydrogen (secondary N) is 2. The Hall–Kier alpha value is -3.59. The van der Waals surface area contributed by atoms with Crippen molar-refractivity contribution in [1.29, 1.82) is 0 Å². The van der Waals surface area contributed by atoms with Gasteiger partial charge in [0.2, 0.25) is 5.91 Å². The first-order valence-electron chi connectivity index (χ1n) is 13.6. The SMILES string of the molecule is CCc1ccc(NC(=O)N2CCC3(CC2)C(=O)N(CC(=O)NC[C@@H]2CCCO2)CN3c2ccccc2)cc1. The minimum Gasteiger partial charge on any atom is -0.376 e. The third-order valence-corrected chi connectivity index (χ3v) is 7.96. The van der Waals surface area contributed by atoms with Crippen molar-refractivity contribution in [2.75, 3.05) is 49.7 Å². The highest BCUT2D eigenvalue weighted by molar-refractivity contribution is 5.97. The van der Waals surface area contributed by atoms with Crippen LogP contribution in [0.1, 0.15) is 38.2 Å². The molecule has 5 rings (SSSR count). The lowest BCUT2D eigenvalue weighted by Gasteiger charge is -2.43. The first-order valence-corrected chi connectivity index (χ1v) is 13.6. The van der Waals surface area contributed by atoms with E-state index in [1.165, 1.54) is 5.56 Å². The van der Waals surface area contributed by atoms with Crippen LogP contribution < -0.4 is 15.5 Å². The van der Waals surface area contributed by atoms with E-state index in [9.17, 15) is 14.4 Å². The van der Waals surface area contributed by atoms with Crippen molar-refractivity contribution in [2.45, 2.75) is 50.7 Å². The Morgan fingerprint density at radius 2 is 1.79 bits per heavy atom. The second-order valence-electron chi connectivity index (χ2n) is 10.3. The number of carbonyl (C=O) groups excluding carboxylic acids is 3.